The lowest BCUT2D eigenvalue weighted by molar-refractivity contribution is 0.414. The van der Waals surface area contributed by atoms with E-state index in [9.17, 15) is 4.79 Å². The van der Waals surface area contributed by atoms with Gasteiger partial charge in [0.15, 0.2) is 5.16 Å². The SMILES string of the molecule is COc1cccc(CSc2nc3sc4c(c3c(=O)n2C)CCC4)c1. The molecule has 4 nitrogen and oxygen atoms in total. The summed E-state index contributed by atoms with van der Waals surface area (Å²) in [6.07, 6.45) is 3.26. The van der Waals surface area contributed by atoms with Crippen LogP contribution < -0.4 is 10.3 Å². The average Bonchev–Trinajstić information content (AvgIpc) is 3.17. The molecule has 1 aromatic carbocycles. The van der Waals surface area contributed by atoms with Crippen LogP contribution in [0.2, 0.25) is 0 Å². The van der Waals surface area contributed by atoms with Gasteiger partial charge in [0, 0.05) is 17.7 Å². The Labute approximate surface area is 148 Å². The minimum Gasteiger partial charge on any atom is -0.497 e. The van der Waals surface area contributed by atoms with Crippen molar-refractivity contribution in [2.24, 2.45) is 7.05 Å². The minimum absolute atomic E-state index is 0.0903. The Hall–Kier alpha value is -1.79. The maximum absolute atomic E-state index is 12.8. The molecule has 1 aliphatic carbocycles. The van der Waals surface area contributed by atoms with Crippen molar-refractivity contribution in [3.63, 3.8) is 0 Å². The fourth-order valence-corrected chi connectivity index (χ4v) is 5.36. The fourth-order valence-electron chi connectivity index (χ4n) is 3.14. The Morgan fingerprint density at radius 2 is 2.25 bits per heavy atom. The Morgan fingerprint density at radius 1 is 1.38 bits per heavy atom. The first-order valence-electron chi connectivity index (χ1n) is 7.94. The second kappa shape index (κ2) is 6.26. The molecule has 0 aliphatic heterocycles. The van der Waals surface area contributed by atoms with Gasteiger partial charge in [-0.25, -0.2) is 4.98 Å². The molecule has 0 N–H and O–H groups in total. The first-order valence-corrected chi connectivity index (χ1v) is 9.74. The van der Waals surface area contributed by atoms with Gasteiger partial charge in [-0.2, -0.15) is 0 Å². The number of aromatic nitrogens is 2. The van der Waals surface area contributed by atoms with E-state index in [1.54, 1.807) is 34.8 Å². The molecule has 1 aliphatic rings. The molecule has 0 unspecified atom stereocenters. The van der Waals surface area contributed by atoms with Crippen molar-refractivity contribution in [1.82, 2.24) is 9.55 Å². The van der Waals surface area contributed by atoms with Gasteiger partial charge in [0.1, 0.15) is 10.6 Å². The van der Waals surface area contributed by atoms with Crippen molar-refractivity contribution in [1.29, 1.82) is 0 Å². The van der Waals surface area contributed by atoms with Crippen LogP contribution in [-0.2, 0) is 25.6 Å². The highest BCUT2D eigenvalue weighted by molar-refractivity contribution is 7.98. The molecule has 0 amide bonds. The van der Waals surface area contributed by atoms with Crippen molar-refractivity contribution in [3.05, 3.63) is 50.6 Å². The Morgan fingerprint density at radius 3 is 3.08 bits per heavy atom. The molecule has 24 heavy (non-hydrogen) atoms. The summed E-state index contributed by atoms with van der Waals surface area (Å²) in [5.41, 5.74) is 2.49. The number of benzene rings is 1. The molecule has 6 heteroatoms. The number of methoxy groups -OCH3 is 1. The third-order valence-corrected chi connectivity index (χ3v) is 6.69. The lowest BCUT2D eigenvalue weighted by Crippen LogP contribution is -2.20. The molecule has 124 valence electrons. The number of fused-ring (bicyclic) bond motifs is 3. The zero-order chi connectivity index (χ0) is 16.7. The summed E-state index contributed by atoms with van der Waals surface area (Å²) < 4.78 is 6.96. The summed E-state index contributed by atoms with van der Waals surface area (Å²) >= 11 is 3.29. The van der Waals surface area contributed by atoms with Crippen LogP contribution in [0.15, 0.2) is 34.2 Å². The minimum atomic E-state index is 0.0903. The van der Waals surface area contributed by atoms with E-state index in [4.69, 9.17) is 9.72 Å². The number of rotatable bonds is 4. The quantitative estimate of drug-likeness (QED) is 0.526. The van der Waals surface area contributed by atoms with E-state index < -0.39 is 0 Å². The molecule has 2 heterocycles. The maximum atomic E-state index is 12.8. The van der Waals surface area contributed by atoms with E-state index >= 15 is 0 Å². The number of aryl methyl sites for hydroxylation is 2. The van der Waals surface area contributed by atoms with Crippen molar-refractivity contribution in [2.75, 3.05) is 7.11 Å². The van der Waals surface area contributed by atoms with E-state index in [1.807, 2.05) is 25.2 Å². The van der Waals surface area contributed by atoms with Gasteiger partial charge >= 0.3 is 0 Å². The zero-order valence-electron chi connectivity index (χ0n) is 13.7. The number of nitrogens with zero attached hydrogens (tertiary/aromatic N) is 2. The highest BCUT2D eigenvalue weighted by atomic mass is 32.2. The van der Waals surface area contributed by atoms with Gasteiger partial charge in [0.2, 0.25) is 0 Å². The van der Waals surface area contributed by atoms with Crippen LogP contribution in [0.3, 0.4) is 0 Å². The molecule has 2 aromatic heterocycles. The van der Waals surface area contributed by atoms with Crippen LogP contribution in [0.25, 0.3) is 10.2 Å². The van der Waals surface area contributed by atoms with Crippen LogP contribution >= 0.6 is 23.1 Å². The number of ether oxygens (including phenoxy) is 1. The van der Waals surface area contributed by atoms with E-state index in [-0.39, 0.29) is 5.56 Å². The summed E-state index contributed by atoms with van der Waals surface area (Å²) in [5.74, 6) is 1.61. The Balaban J connectivity index is 1.67. The summed E-state index contributed by atoms with van der Waals surface area (Å²) in [4.78, 5) is 19.8. The molecule has 0 bridgehead atoms. The molecule has 3 aromatic rings. The lowest BCUT2D eigenvalue weighted by Gasteiger charge is -2.08. The van der Waals surface area contributed by atoms with Gasteiger partial charge in [-0.05, 0) is 42.5 Å². The fraction of sp³-hybridized carbons (Fsp3) is 0.333. The van der Waals surface area contributed by atoms with Crippen LogP contribution in [0.5, 0.6) is 5.75 Å². The van der Waals surface area contributed by atoms with Crippen LogP contribution in [0, 0.1) is 0 Å². The molecule has 0 radical (unpaired) electrons. The summed E-state index contributed by atoms with van der Waals surface area (Å²) in [7, 11) is 3.49. The normalized spacial score (nSPS) is 13.4. The summed E-state index contributed by atoms with van der Waals surface area (Å²) in [6, 6.07) is 7.99. The Kier molecular flexibility index (Phi) is 4.10. The zero-order valence-corrected chi connectivity index (χ0v) is 15.3. The topological polar surface area (TPSA) is 44.1 Å². The van der Waals surface area contributed by atoms with Crippen molar-refractivity contribution in [2.45, 2.75) is 30.2 Å². The standard InChI is InChI=1S/C18H18N2O2S2/c1-20-17(21)15-13-7-4-8-14(13)24-16(15)19-18(20)23-10-11-5-3-6-12(9-11)22-2/h3,5-6,9H,4,7-8,10H2,1-2H3. The van der Waals surface area contributed by atoms with Crippen LogP contribution in [-0.4, -0.2) is 16.7 Å². The number of thiophene rings is 1. The predicted octanol–water partition coefficient (Wildman–Crippen LogP) is 3.78. The van der Waals surface area contributed by atoms with Gasteiger partial charge in [0.25, 0.3) is 5.56 Å². The van der Waals surface area contributed by atoms with Gasteiger partial charge in [-0.1, -0.05) is 23.9 Å². The molecule has 0 atom stereocenters. The van der Waals surface area contributed by atoms with E-state index in [1.165, 1.54) is 10.4 Å². The maximum Gasteiger partial charge on any atom is 0.262 e. The summed E-state index contributed by atoms with van der Waals surface area (Å²) in [5, 5.41) is 1.62. The largest absolute Gasteiger partial charge is 0.497 e. The highest BCUT2D eigenvalue weighted by Crippen LogP contribution is 2.35. The van der Waals surface area contributed by atoms with Crippen molar-refractivity contribution in [3.8, 4) is 5.75 Å². The van der Waals surface area contributed by atoms with Gasteiger partial charge < -0.3 is 4.74 Å². The molecule has 0 fully saturated rings. The molecule has 0 spiro atoms. The van der Waals surface area contributed by atoms with Crippen molar-refractivity contribution >= 4 is 33.3 Å². The molecular weight excluding hydrogens is 340 g/mol. The lowest BCUT2D eigenvalue weighted by atomic mass is 10.2. The van der Waals surface area contributed by atoms with E-state index in [0.717, 1.165) is 51.7 Å². The van der Waals surface area contributed by atoms with Crippen LogP contribution in [0.1, 0.15) is 22.4 Å². The number of hydrogen-bond acceptors (Lipinski definition) is 5. The van der Waals surface area contributed by atoms with Gasteiger partial charge in [0.05, 0.1) is 12.5 Å². The molecular formula is C18H18N2O2S2. The second-order valence-corrected chi connectivity index (χ2v) is 7.96. The van der Waals surface area contributed by atoms with E-state index in [2.05, 4.69) is 6.07 Å². The monoisotopic (exact) mass is 358 g/mol. The van der Waals surface area contributed by atoms with Crippen molar-refractivity contribution < 1.29 is 4.74 Å². The smallest absolute Gasteiger partial charge is 0.262 e. The third-order valence-electron chi connectivity index (χ3n) is 4.41. The average molecular weight is 358 g/mol. The first kappa shape index (κ1) is 15.7. The molecule has 4 rings (SSSR count). The first-order chi connectivity index (χ1) is 11.7. The summed E-state index contributed by atoms with van der Waals surface area (Å²) in [6.45, 7) is 0. The van der Waals surface area contributed by atoms with Gasteiger partial charge in [-0.15, -0.1) is 11.3 Å². The number of hydrogen-bond donors (Lipinski definition) is 0. The molecule has 0 saturated heterocycles. The highest BCUT2D eigenvalue weighted by Gasteiger charge is 2.22. The molecule has 0 saturated carbocycles. The second-order valence-electron chi connectivity index (χ2n) is 5.94. The van der Waals surface area contributed by atoms with Crippen LogP contribution in [0.4, 0.5) is 0 Å². The number of thioether (sulfide) groups is 1. The van der Waals surface area contributed by atoms with Gasteiger partial charge in [-0.3, -0.25) is 9.36 Å². The van der Waals surface area contributed by atoms with E-state index in [0.29, 0.717) is 0 Å². The Bertz CT molecular complexity index is 975. The third kappa shape index (κ3) is 2.63. The predicted molar refractivity (Wildman–Crippen MR) is 99.4 cm³/mol.